The van der Waals surface area contributed by atoms with E-state index in [4.69, 9.17) is 4.74 Å². The second-order valence-corrected chi connectivity index (χ2v) is 7.51. The fourth-order valence-electron chi connectivity index (χ4n) is 3.54. The van der Waals surface area contributed by atoms with Crippen LogP contribution in [-0.4, -0.2) is 35.9 Å². The van der Waals surface area contributed by atoms with Crippen molar-refractivity contribution in [1.29, 1.82) is 0 Å². The molecule has 6 heteroatoms. The van der Waals surface area contributed by atoms with E-state index in [1.54, 1.807) is 24.1 Å². The van der Waals surface area contributed by atoms with E-state index in [2.05, 4.69) is 34.4 Å². The molecule has 3 aromatic rings. The normalized spacial score (nSPS) is 14.6. The number of ether oxygens (including phenoxy) is 1. The van der Waals surface area contributed by atoms with Crippen LogP contribution in [0.15, 0.2) is 60.8 Å². The van der Waals surface area contributed by atoms with Crippen LogP contribution in [0.25, 0.3) is 5.69 Å². The molecule has 0 radical (unpaired) electrons. The van der Waals surface area contributed by atoms with Crippen LogP contribution in [0.3, 0.4) is 0 Å². The van der Waals surface area contributed by atoms with Gasteiger partial charge in [0.25, 0.3) is 5.91 Å². The number of hydrogen-bond acceptors (Lipinski definition) is 4. The Bertz CT molecular complexity index is 955. The zero-order chi connectivity index (χ0) is 20.2. The molecule has 2 heterocycles. The molecule has 0 aliphatic carbocycles. The third-order valence-corrected chi connectivity index (χ3v) is 5.43. The maximum Gasteiger partial charge on any atom is 0.276 e. The van der Waals surface area contributed by atoms with E-state index in [1.165, 1.54) is 18.5 Å². The van der Waals surface area contributed by atoms with Gasteiger partial charge in [-0.15, -0.1) is 0 Å². The van der Waals surface area contributed by atoms with E-state index in [1.807, 2.05) is 36.4 Å². The highest BCUT2D eigenvalue weighted by Crippen LogP contribution is 2.24. The average Bonchev–Trinajstić information content (AvgIpc) is 3.25. The quantitative estimate of drug-likeness (QED) is 0.703. The molecule has 0 bridgehead atoms. The predicted molar refractivity (Wildman–Crippen MR) is 115 cm³/mol. The summed E-state index contributed by atoms with van der Waals surface area (Å²) in [6.07, 6.45) is 4.24. The Kier molecular flexibility index (Phi) is 5.51. The summed E-state index contributed by atoms with van der Waals surface area (Å²) in [5, 5.41) is 7.31. The second kappa shape index (κ2) is 8.39. The molecule has 0 unspecified atom stereocenters. The Morgan fingerprint density at radius 3 is 2.31 bits per heavy atom. The molecule has 29 heavy (non-hydrogen) atoms. The van der Waals surface area contributed by atoms with Crippen LogP contribution in [0.4, 0.5) is 11.4 Å². The topological polar surface area (TPSA) is 59.4 Å². The van der Waals surface area contributed by atoms with Gasteiger partial charge in [0.05, 0.1) is 12.8 Å². The summed E-state index contributed by atoms with van der Waals surface area (Å²) in [4.78, 5) is 15.0. The van der Waals surface area contributed by atoms with Gasteiger partial charge in [-0.1, -0.05) is 6.92 Å². The van der Waals surface area contributed by atoms with Crippen molar-refractivity contribution in [3.8, 4) is 11.4 Å². The maximum atomic E-state index is 12.6. The summed E-state index contributed by atoms with van der Waals surface area (Å²) in [5.41, 5.74) is 3.21. The molecule has 2 aromatic carbocycles. The molecule has 1 aliphatic heterocycles. The van der Waals surface area contributed by atoms with E-state index in [9.17, 15) is 4.79 Å². The largest absolute Gasteiger partial charge is 0.497 e. The Balaban J connectivity index is 1.39. The van der Waals surface area contributed by atoms with Crippen LogP contribution >= 0.6 is 0 Å². The molecule has 0 saturated carbocycles. The third-order valence-electron chi connectivity index (χ3n) is 5.43. The number of carbonyl (C=O) groups is 1. The molecule has 4 rings (SSSR count). The molecule has 1 aliphatic rings. The lowest BCUT2D eigenvalue weighted by Crippen LogP contribution is -2.32. The number of carbonyl (C=O) groups excluding carboxylic acids is 1. The lowest BCUT2D eigenvalue weighted by molar-refractivity contribution is 0.102. The highest BCUT2D eigenvalue weighted by atomic mass is 16.5. The van der Waals surface area contributed by atoms with Gasteiger partial charge in [-0.05, 0) is 73.4 Å². The molecule has 1 saturated heterocycles. The summed E-state index contributed by atoms with van der Waals surface area (Å²) in [7, 11) is 1.63. The molecule has 0 spiro atoms. The number of rotatable bonds is 5. The summed E-state index contributed by atoms with van der Waals surface area (Å²) in [6.45, 7) is 4.50. The molecule has 1 N–H and O–H groups in total. The van der Waals surface area contributed by atoms with Gasteiger partial charge < -0.3 is 15.0 Å². The van der Waals surface area contributed by atoms with Gasteiger partial charge in [-0.3, -0.25) is 4.79 Å². The smallest absolute Gasteiger partial charge is 0.276 e. The number of amides is 1. The van der Waals surface area contributed by atoms with Crippen molar-refractivity contribution in [2.75, 3.05) is 30.4 Å². The number of nitrogens with zero attached hydrogens (tertiary/aromatic N) is 3. The maximum absolute atomic E-state index is 12.6. The van der Waals surface area contributed by atoms with E-state index in [-0.39, 0.29) is 5.91 Å². The lowest BCUT2D eigenvalue weighted by atomic mass is 9.99. The zero-order valence-electron chi connectivity index (χ0n) is 16.8. The highest BCUT2D eigenvalue weighted by Gasteiger charge is 2.16. The van der Waals surface area contributed by atoms with Gasteiger partial charge in [0.15, 0.2) is 5.69 Å². The van der Waals surface area contributed by atoms with Crippen LogP contribution in [-0.2, 0) is 0 Å². The second-order valence-electron chi connectivity index (χ2n) is 7.51. The Morgan fingerprint density at radius 1 is 1.00 bits per heavy atom. The van der Waals surface area contributed by atoms with Crippen molar-refractivity contribution >= 4 is 17.3 Å². The SMILES string of the molecule is COc1ccc(-n2ccc(C(=O)Nc3ccc(N4CCC(C)CC4)cc3)n2)cc1. The number of piperidine rings is 1. The average molecular weight is 390 g/mol. The van der Waals surface area contributed by atoms with E-state index in [0.29, 0.717) is 5.69 Å². The molecule has 0 atom stereocenters. The minimum absolute atomic E-state index is 0.225. The van der Waals surface area contributed by atoms with Crippen LogP contribution in [0.2, 0.25) is 0 Å². The van der Waals surface area contributed by atoms with Crippen molar-refractivity contribution in [1.82, 2.24) is 9.78 Å². The fraction of sp³-hybridized carbons (Fsp3) is 0.304. The van der Waals surface area contributed by atoms with E-state index < -0.39 is 0 Å². The Hall–Kier alpha value is -3.28. The summed E-state index contributed by atoms with van der Waals surface area (Å²) in [5.74, 6) is 1.36. The first-order valence-corrected chi connectivity index (χ1v) is 9.99. The van der Waals surface area contributed by atoms with Gasteiger partial charge in [-0.2, -0.15) is 5.10 Å². The molecule has 1 amide bonds. The molecular weight excluding hydrogens is 364 g/mol. The minimum Gasteiger partial charge on any atom is -0.497 e. The number of hydrogen-bond donors (Lipinski definition) is 1. The van der Waals surface area contributed by atoms with Crippen molar-refractivity contribution in [2.24, 2.45) is 5.92 Å². The first-order chi connectivity index (χ1) is 14.1. The molecule has 150 valence electrons. The predicted octanol–water partition coefficient (Wildman–Crippen LogP) is 4.37. The Morgan fingerprint density at radius 2 is 1.66 bits per heavy atom. The van der Waals surface area contributed by atoms with Crippen molar-refractivity contribution in [3.05, 3.63) is 66.5 Å². The number of nitrogens with one attached hydrogen (secondary N) is 1. The third kappa shape index (κ3) is 4.42. The highest BCUT2D eigenvalue weighted by molar-refractivity contribution is 6.02. The van der Waals surface area contributed by atoms with Crippen LogP contribution in [0, 0.1) is 5.92 Å². The Labute approximate surface area is 171 Å². The first-order valence-electron chi connectivity index (χ1n) is 9.99. The standard InChI is InChI=1S/C23H26N4O2/c1-17-11-14-26(15-12-17)19-5-3-18(4-6-19)24-23(28)22-13-16-27(25-22)20-7-9-21(29-2)10-8-20/h3-10,13,16-17H,11-12,14-15H2,1-2H3,(H,24,28). The van der Waals surface area contributed by atoms with Gasteiger partial charge in [-0.25, -0.2) is 4.68 Å². The summed E-state index contributed by atoms with van der Waals surface area (Å²) >= 11 is 0. The van der Waals surface area contributed by atoms with Crippen molar-refractivity contribution in [3.63, 3.8) is 0 Å². The van der Waals surface area contributed by atoms with Crippen LogP contribution in [0.1, 0.15) is 30.3 Å². The van der Waals surface area contributed by atoms with E-state index in [0.717, 1.165) is 36.1 Å². The number of methoxy groups -OCH3 is 1. The molecular formula is C23H26N4O2. The summed E-state index contributed by atoms with van der Waals surface area (Å²) in [6, 6.07) is 17.3. The van der Waals surface area contributed by atoms with E-state index >= 15 is 0 Å². The van der Waals surface area contributed by atoms with Crippen LogP contribution in [0.5, 0.6) is 5.75 Å². The zero-order valence-corrected chi connectivity index (χ0v) is 16.8. The van der Waals surface area contributed by atoms with Crippen LogP contribution < -0.4 is 15.0 Å². The molecule has 1 fully saturated rings. The van der Waals surface area contributed by atoms with Gasteiger partial charge >= 0.3 is 0 Å². The number of anilines is 2. The van der Waals surface area contributed by atoms with Crippen molar-refractivity contribution in [2.45, 2.75) is 19.8 Å². The van der Waals surface area contributed by atoms with Crippen molar-refractivity contribution < 1.29 is 9.53 Å². The summed E-state index contributed by atoms with van der Waals surface area (Å²) < 4.78 is 6.85. The molecule has 6 nitrogen and oxygen atoms in total. The van der Waals surface area contributed by atoms with Gasteiger partial charge in [0, 0.05) is 30.7 Å². The monoisotopic (exact) mass is 390 g/mol. The first kappa shape index (κ1) is 19.1. The lowest BCUT2D eigenvalue weighted by Gasteiger charge is -2.32. The van der Waals surface area contributed by atoms with Gasteiger partial charge in [0.1, 0.15) is 5.75 Å². The minimum atomic E-state index is -0.225. The molecule has 1 aromatic heterocycles. The van der Waals surface area contributed by atoms with Gasteiger partial charge in [0.2, 0.25) is 0 Å². The number of benzene rings is 2. The fourth-order valence-corrected chi connectivity index (χ4v) is 3.54. The number of aromatic nitrogens is 2.